The Morgan fingerprint density at radius 3 is 2.90 bits per heavy atom. The highest BCUT2D eigenvalue weighted by atomic mass is 16.5. The van der Waals surface area contributed by atoms with E-state index in [0.717, 1.165) is 5.56 Å². The number of aromatic nitrogens is 3. The Morgan fingerprint density at radius 1 is 1.43 bits per heavy atom. The van der Waals surface area contributed by atoms with Gasteiger partial charge in [0, 0.05) is 50.6 Å². The molecule has 1 fully saturated rings. The molecule has 1 aliphatic heterocycles. The van der Waals surface area contributed by atoms with Crippen LogP contribution in [-0.2, 0) is 4.79 Å². The second kappa shape index (κ2) is 9.53. The number of nitrogens with one attached hydrogen (secondary N) is 2. The van der Waals surface area contributed by atoms with Crippen LogP contribution in [0.25, 0.3) is 11.3 Å². The third-order valence-corrected chi connectivity index (χ3v) is 5.01. The summed E-state index contributed by atoms with van der Waals surface area (Å²) in [5.41, 5.74) is 1.66. The molecule has 160 valence electrons. The summed E-state index contributed by atoms with van der Waals surface area (Å²) in [5.74, 6) is 0.387. The normalized spacial score (nSPS) is 14.2. The number of ether oxygens (including phenoxy) is 1. The highest BCUT2D eigenvalue weighted by molar-refractivity contribution is 5.88. The fourth-order valence-corrected chi connectivity index (χ4v) is 3.11. The van der Waals surface area contributed by atoms with Gasteiger partial charge in [0.05, 0.1) is 31.2 Å². The van der Waals surface area contributed by atoms with E-state index in [1.807, 2.05) is 18.0 Å². The summed E-state index contributed by atoms with van der Waals surface area (Å²) in [6.45, 7) is 5.92. The second-order valence-electron chi connectivity index (χ2n) is 7.52. The summed E-state index contributed by atoms with van der Waals surface area (Å²) >= 11 is 0. The van der Waals surface area contributed by atoms with Crippen LogP contribution in [0.1, 0.15) is 13.8 Å². The van der Waals surface area contributed by atoms with E-state index in [1.54, 1.807) is 29.4 Å². The lowest BCUT2D eigenvalue weighted by molar-refractivity contribution is -0.130. The van der Waals surface area contributed by atoms with Crippen LogP contribution in [0.5, 0.6) is 5.88 Å². The molecule has 0 aliphatic carbocycles. The van der Waals surface area contributed by atoms with Crippen molar-refractivity contribution in [2.45, 2.75) is 25.9 Å². The predicted octanol–water partition coefficient (Wildman–Crippen LogP) is 1.04. The molecule has 9 nitrogen and oxygen atoms in total. The van der Waals surface area contributed by atoms with Crippen LogP contribution in [0.2, 0.25) is 0 Å². The highest BCUT2D eigenvalue weighted by Crippen LogP contribution is 2.23. The minimum Gasteiger partial charge on any atom is -0.480 e. The number of pyridine rings is 1. The highest BCUT2D eigenvalue weighted by Gasteiger charge is 2.33. The molecule has 0 bridgehead atoms. The standard InChI is InChI=1S/C21H28N6O3/c1-14(2)23-7-5-6-20(28)27-12-16(13-27)26(3)18-8-15(9-24-21(18)29)17-10-22-11-19(25-17)30-4/h5-6,8-11,14,16,23H,7,12-13H2,1-4H3,(H,24,29)/b6-5+. The molecule has 1 saturated heterocycles. The molecule has 2 aromatic heterocycles. The molecule has 9 heteroatoms. The van der Waals surface area contributed by atoms with Gasteiger partial charge in [-0.1, -0.05) is 19.9 Å². The van der Waals surface area contributed by atoms with E-state index in [-0.39, 0.29) is 17.5 Å². The molecule has 30 heavy (non-hydrogen) atoms. The topological polar surface area (TPSA) is 103 Å². The molecule has 0 unspecified atom stereocenters. The van der Waals surface area contributed by atoms with Gasteiger partial charge in [0.15, 0.2) is 0 Å². The quantitative estimate of drug-likeness (QED) is 0.625. The molecular weight excluding hydrogens is 384 g/mol. The number of aromatic amines is 1. The third-order valence-electron chi connectivity index (χ3n) is 5.01. The maximum absolute atomic E-state index is 12.4. The van der Waals surface area contributed by atoms with Crippen molar-refractivity contribution in [3.8, 4) is 17.1 Å². The van der Waals surface area contributed by atoms with E-state index in [9.17, 15) is 9.59 Å². The molecule has 3 rings (SSSR count). The first-order valence-corrected chi connectivity index (χ1v) is 9.90. The first-order chi connectivity index (χ1) is 14.4. The number of nitrogens with zero attached hydrogens (tertiary/aromatic N) is 4. The maximum Gasteiger partial charge on any atom is 0.271 e. The lowest BCUT2D eigenvalue weighted by Crippen LogP contribution is -2.60. The molecule has 0 spiro atoms. The van der Waals surface area contributed by atoms with E-state index in [1.165, 1.54) is 13.3 Å². The molecule has 0 atom stereocenters. The van der Waals surface area contributed by atoms with E-state index in [0.29, 0.717) is 42.9 Å². The molecule has 1 aliphatic rings. The van der Waals surface area contributed by atoms with Gasteiger partial charge in [0.2, 0.25) is 11.8 Å². The summed E-state index contributed by atoms with van der Waals surface area (Å²) in [4.78, 5) is 39.5. The summed E-state index contributed by atoms with van der Waals surface area (Å²) in [6, 6.07) is 2.23. The number of rotatable bonds is 8. The van der Waals surface area contributed by atoms with Crippen LogP contribution in [0.4, 0.5) is 5.69 Å². The third kappa shape index (κ3) is 5.04. The van der Waals surface area contributed by atoms with Crippen molar-refractivity contribution in [1.82, 2.24) is 25.2 Å². The predicted molar refractivity (Wildman–Crippen MR) is 116 cm³/mol. The van der Waals surface area contributed by atoms with Crippen LogP contribution < -0.4 is 20.5 Å². The number of anilines is 1. The van der Waals surface area contributed by atoms with Crippen molar-refractivity contribution in [3.63, 3.8) is 0 Å². The molecule has 2 N–H and O–H groups in total. The van der Waals surface area contributed by atoms with E-state index in [4.69, 9.17) is 4.74 Å². The van der Waals surface area contributed by atoms with Crippen LogP contribution >= 0.6 is 0 Å². The summed E-state index contributed by atoms with van der Waals surface area (Å²) < 4.78 is 5.12. The SMILES string of the molecule is COc1cncc(-c2c[nH]c(=O)c(N(C)C3CN(C(=O)/C=C/CNC(C)C)C3)c2)n1. The zero-order chi connectivity index (χ0) is 21.7. The zero-order valence-corrected chi connectivity index (χ0v) is 17.8. The molecule has 0 aromatic carbocycles. The number of methoxy groups -OCH3 is 1. The Bertz CT molecular complexity index is 965. The van der Waals surface area contributed by atoms with Crippen LogP contribution in [0.3, 0.4) is 0 Å². The summed E-state index contributed by atoms with van der Waals surface area (Å²) in [5, 5.41) is 3.24. The second-order valence-corrected chi connectivity index (χ2v) is 7.52. The molecular formula is C21H28N6O3. The number of likely N-dealkylation sites (tertiary alicyclic amines) is 1. The van der Waals surface area contributed by atoms with E-state index in [2.05, 4.69) is 34.1 Å². The fraction of sp³-hybridized carbons (Fsp3) is 0.429. The first-order valence-electron chi connectivity index (χ1n) is 9.90. The van der Waals surface area contributed by atoms with Gasteiger partial charge in [-0.2, -0.15) is 0 Å². The Hall–Kier alpha value is -3.20. The number of amides is 1. The lowest BCUT2D eigenvalue weighted by Gasteiger charge is -2.44. The average Bonchev–Trinajstić information content (AvgIpc) is 2.70. The van der Waals surface area contributed by atoms with E-state index < -0.39 is 0 Å². The lowest BCUT2D eigenvalue weighted by atomic mass is 10.1. The van der Waals surface area contributed by atoms with Crippen LogP contribution in [0.15, 0.2) is 41.6 Å². The van der Waals surface area contributed by atoms with Gasteiger partial charge >= 0.3 is 0 Å². The van der Waals surface area contributed by atoms with Crippen molar-refractivity contribution >= 4 is 11.6 Å². The zero-order valence-electron chi connectivity index (χ0n) is 17.8. The minimum atomic E-state index is -0.193. The summed E-state index contributed by atoms with van der Waals surface area (Å²) in [7, 11) is 3.39. The number of carbonyl (C=O) groups is 1. The molecule has 1 amide bonds. The van der Waals surface area contributed by atoms with Crippen molar-refractivity contribution in [3.05, 3.63) is 47.2 Å². The van der Waals surface area contributed by atoms with Crippen LogP contribution in [0, 0.1) is 0 Å². The van der Waals surface area contributed by atoms with Gasteiger partial charge in [-0.3, -0.25) is 14.6 Å². The number of hydrogen-bond donors (Lipinski definition) is 2. The van der Waals surface area contributed by atoms with E-state index >= 15 is 0 Å². The van der Waals surface area contributed by atoms with Crippen molar-refractivity contribution in [2.75, 3.05) is 38.7 Å². The maximum atomic E-state index is 12.4. The smallest absolute Gasteiger partial charge is 0.271 e. The molecule has 3 heterocycles. The number of carbonyl (C=O) groups excluding carboxylic acids is 1. The Morgan fingerprint density at radius 2 is 2.20 bits per heavy atom. The van der Waals surface area contributed by atoms with Crippen molar-refractivity contribution in [2.24, 2.45) is 0 Å². The van der Waals surface area contributed by atoms with Crippen LogP contribution in [-0.4, -0.2) is 71.6 Å². The van der Waals surface area contributed by atoms with Crippen molar-refractivity contribution in [1.29, 1.82) is 0 Å². The number of H-pyrrole nitrogens is 1. The van der Waals surface area contributed by atoms with Gasteiger partial charge in [-0.05, 0) is 6.07 Å². The Kier molecular flexibility index (Phi) is 6.83. The number of likely N-dealkylation sites (N-methyl/N-ethyl adjacent to an activating group) is 1. The molecule has 2 aromatic rings. The van der Waals surface area contributed by atoms with Gasteiger partial charge < -0.3 is 24.8 Å². The molecule has 0 saturated carbocycles. The monoisotopic (exact) mass is 412 g/mol. The van der Waals surface area contributed by atoms with Gasteiger partial charge in [-0.25, -0.2) is 4.98 Å². The Labute approximate surface area is 175 Å². The fourth-order valence-electron chi connectivity index (χ4n) is 3.11. The summed E-state index contributed by atoms with van der Waals surface area (Å²) in [6.07, 6.45) is 8.18. The largest absolute Gasteiger partial charge is 0.480 e. The first kappa shape index (κ1) is 21.5. The van der Waals surface area contributed by atoms with Gasteiger partial charge in [0.1, 0.15) is 5.69 Å². The van der Waals surface area contributed by atoms with Gasteiger partial charge in [-0.15, -0.1) is 0 Å². The van der Waals surface area contributed by atoms with Crippen molar-refractivity contribution < 1.29 is 9.53 Å². The number of hydrogen-bond acceptors (Lipinski definition) is 7. The Balaban J connectivity index is 1.64. The minimum absolute atomic E-state index is 0.0143. The molecule has 0 radical (unpaired) electrons. The average molecular weight is 412 g/mol. The van der Waals surface area contributed by atoms with Gasteiger partial charge in [0.25, 0.3) is 5.56 Å².